The molecule has 3 fully saturated rings. The summed E-state index contributed by atoms with van der Waals surface area (Å²) in [5.41, 5.74) is -0.471. The van der Waals surface area contributed by atoms with Crippen LogP contribution in [0.4, 0.5) is 0 Å². The summed E-state index contributed by atoms with van der Waals surface area (Å²) in [7, 11) is 3.87. The number of carbonyl (C=O) groups excluding carboxylic acids is 3. The molecule has 0 saturated heterocycles. The first-order valence-corrected chi connectivity index (χ1v) is 13.5. The average Bonchev–Trinajstić information content (AvgIpc) is 2.72. The minimum absolute atomic E-state index is 0.0147. The predicted molar refractivity (Wildman–Crippen MR) is 138 cm³/mol. The molecular weight excluding hydrogens is 458 g/mol. The van der Waals surface area contributed by atoms with Crippen molar-refractivity contribution >= 4 is 17.7 Å². The van der Waals surface area contributed by atoms with Crippen LogP contribution in [0.3, 0.4) is 0 Å². The van der Waals surface area contributed by atoms with E-state index in [0.29, 0.717) is 19.6 Å². The lowest BCUT2D eigenvalue weighted by Crippen LogP contribution is -2.60. The summed E-state index contributed by atoms with van der Waals surface area (Å²) < 4.78 is 11.3. The number of ketones is 1. The highest BCUT2D eigenvalue weighted by Gasteiger charge is 2.62. The van der Waals surface area contributed by atoms with Gasteiger partial charge in [-0.25, -0.2) is 4.79 Å². The van der Waals surface area contributed by atoms with Crippen molar-refractivity contribution < 1.29 is 29.0 Å². The van der Waals surface area contributed by atoms with Gasteiger partial charge in [-0.1, -0.05) is 33.3 Å². The molecule has 0 bridgehead atoms. The average molecular weight is 506 g/mol. The fourth-order valence-electron chi connectivity index (χ4n) is 7.38. The number of ether oxygens (including phenoxy) is 2. The monoisotopic (exact) mass is 505 g/mol. The molecular formula is C29H47NO6. The van der Waals surface area contributed by atoms with E-state index in [1.807, 2.05) is 19.0 Å². The van der Waals surface area contributed by atoms with Gasteiger partial charge in [0.05, 0.1) is 12.0 Å². The molecule has 3 aliphatic carbocycles. The summed E-state index contributed by atoms with van der Waals surface area (Å²) in [6.45, 7) is 12.9. The van der Waals surface area contributed by atoms with E-state index in [4.69, 9.17) is 9.47 Å². The molecule has 3 aliphatic rings. The van der Waals surface area contributed by atoms with Crippen LogP contribution in [-0.4, -0.2) is 66.7 Å². The van der Waals surface area contributed by atoms with Gasteiger partial charge in [0, 0.05) is 30.4 Å². The molecule has 6 atom stereocenters. The Kier molecular flexibility index (Phi) is 8.46. The molecule has 0 aliphatic heterocycles. The number of esters is 2. The molecule has 7 nitrogen and oxygen atoms in total. The van der Waals surface area contributed by atoms with Gasteiger partial charge in [0.15, 0.2) is 0 Å². The lowest BCUT2D eigenvalue weighted by atomic mass is 9.42. The van der Waals surface area contributed by atoms with Crippen molar-refractivity contribution in [2.75, 3.05) is 27.2 Å². The van der Waals surface area contributed by atoms with Gasteiger partial charge in [0.25, 0.3) is 0 Å². The van der Waals surface area contributed by atoms with Crippen LogP contribution in [0.1, 0.15) is 80.1 Å². The summed E-state index contributed by atoms with van der Waals surface area (Å²) in [6, 6.07) is 0. The van der Waals surface area contributed by atoms with Crippen LogP contribution in [-0.2, 0) is 23.9 Å². The summed E-state index contributed by atoms with van der Waals surface area (Å²) in [6.07, 6.45) is 5.10. The quantitative estimate of drug-likeness (QED) is 0.410. The standard InChI is InChI=1S/C29H47NO6/c1-18-19(15-24(32)35-14-13-30(7)8)9-10-20-26(18)21(31)16-22-28(4,5)23(11-12-29(20,22)6)36-25(33)17-27(2,3)34/h15,18,20,22-23,26,34H,9-14,16-17H2,1-8H3. The summed E-state index contributed by atoms with van der Waals surface area (Å²) >= 11 is 0. The minimum Gasteiger partial charge on any atom is -0.462 e. The Morgan fingerprint density at radius 1 is 1.19 bits per heavy atom. The number of Topliss-reactive ketones (excluding diaryl/α,β-unsaturated/α-hetero) is 1. The van der Waals surface area contributed by atoms with Crippen molar-refractivity contribution in [2.45, 2.75) is 91.8 Å². The van der Waals surface area contributed by atoms with Crippen LogP contribution < -0.4 is 0 Å². The maximum absolute atomic E-state index is 13.6. The van der Waals surface area contributed by atoms with Crippen LogP contribution in [0.25, 0.3) is 0 Å². The van der Waals surface area contributed by atoms with E-state index in [1.165, 1.54) is 0 Å². The third kappa shape index (κ3) is 6.04. The molecule has 0 aromatic heterocycles. The van der Waals surface area contributed by atoms with Crippen LogP contribution in [0, 0.1) is 34.5 Å². The molecule has 7 heteroatoms. The molecule has 0 aromatic carbocycles. The predicted octanol–water partition coefficient (Wildman–Crippen LogP) is 4.17. The lowest BCUT2D eigenvalue weighted by molar-refractivity contribution is -0.191. The van der Waals surface area contributed by atoms with Crippen molar-refractivity contribution in [2.24, 2.45) is 34.5 Å². The van der Waals surface area contributed by atoms with Crippen LogP contribution in [0.2, 0.25) is 0 Å². The van der Waals surface area contributed by atoms with Crippen molar-refractivity contribution in [3.63, 3.8) is 0 Å². The van der Waals surface area contributed by atoms with E-state index in [2.05, 4.69) is 27.7 Å². The third-order valence-corrected chi connectivity index (χ3v) is 9.33. The van der Waals surface area contributed by atoms with Crippen molar-refractivity contribution in [1.82, 2.24) is 4.90 Å². The summed E-state index contributed by atoms with van der Waals surface area (Å²) in [5.74, 6) is -0.166. The van der Waals surface area contributed by atoms with Gasteiger partial charge < -0.3 is 19.5 Å². The Morgan fingerprint density at radius 2 is 1.86 bits per heavy atom. The number of nitrogens with zero attached hydrogens (tertiary/aromatic N) is 1. The number of hydrogen-bond acceptors (Lipinski definition) is 7. The van der Waals surface area contributed by atoms with Gasteiger partial charge in [-0.15, -0.1) is 0 Å². The highest BCUT2D eigenvalue weighted by atomic mass is 16.5. The van der Waals surface area contributed by atoms with Crippen LogP contribution >= 0.6 is 0 Å². The van der Waals surface area contributed by atoms with Gasteiger partial charge in [0.2, 0.25) is 0 Å². The Labute approximate surface area is 217 Å². The van der Waals surface area contributed by atoms with Crippen molar-refractivity contribution in [1.29, 1.82) is 0 Å². The molecule has 0 aromatic rings. The van der Waals surface area contributed by atoms with Gasteiger partial charge >= 0.3 is 11.9 Å². The van der Waals surface area contributed by atoms with E-state index in [-0.39, 0.29) is 64.7 Å². The first-order valence-electron chi connectivity index (χ1n) is 13.5. The highest BCUT2D eigenvalue weighted by Crippen LogP contribution is 2.64. The van der Waals surface area contributed by atoms with E-state index < -0.39 is 5.60 Å². The van der Waals surface area contributed by atoms with Crippen LogP contribution in [0.5, 0.6) is 0 Å². The zero-order valence-electron chi connectivity index (χ0n) is 23.6. The zero-order chi connectivity index (χ0) is 27.1. The van der Waals surface area contributed by atoms with Gasteiger partial charge in [-0.2, -0.15) is 0 Å². The van der Waals surface area contributed by atoms with Crippen molar-refractivity contribution in [3.8, 4) is 0 Å². The molecule has 6 unspecified atom stereocenters. The smallest absolute Gasteiger partial charge is 0.330 e. The maximum atomic E-state index is 13.6. The normalized spacial score (nSPS) is 35.2. The number of allylic oxidation sites excluding steroid dienone is 1. The van der Waals surface area contributed by atoms with Gasteiger partial charge in [-0.3, -0.25) is 9.59 Å². The number of aliphatic hydroxyl groups is 1. The number of hydrogen-bond donors (Lipinski definition) is 1. The minimum atomic E-state index is -1.11. The summed E-state index contributed by atoms with van der Waals surface area (Å²) in [4.78, 5) is 40.5. The Hall–Kier alpha value is -1.73. The van der Waals surface area contributed by atoms with E-state index in [1.54, 1.807) is 19.9 Å². The number of fused-ring (bicyclic) bond motifs is 3. The van der Waals surface area contributed by atoms with Crippen LogP contribution in [0.15, 0.2) is 11.6 Å². The van der Waals surface area contributed by atoms with E-state index >= 15 is 0 Å². The van der Waals surface area contributed by atoms with Gasteiger partial charge in [0.1, 0.15) is 18.5 Å². The molecule has 3 rings (SSSR count). The first-order chi connectivity index (χ1) is 16.6. The molecule has 0 spiro atoms. The largest absolute Gasteiger partial charge is 0.462 e. The maximum Gasteiger partial charge on any atom is 0.330 e. The molecule has 204 valence electrons. The Bertz CT molecular complexity index is 885. The molecule has 36 heavy (non-hydrogen) atoms. The van der Waals surface area contributed by atoms with Crippen molar-refractivity contribution in [3.05, 3.63) is 11.6 Å². The van der Waals surface area contributed by atoms with Gasteiger partial charge in [-0.05, 0) is 76.8 Å². The topological polar surface area (TPSA) is 93.1 Å². The third-order valence-electron chi connectivity index (χ3n) is 9.33. The molecule has 0 heterocycles. The fraction of sp³-hybridized carbons (Fsp3) is 0.828. The molecule has 3 saturated carbocycles. The molecule has 1 N–H and O–H groups in total. The number of rotatable bonds is 7. The zero-order valence-corrected chi connectivity index (χ0v) is 23.6. The lowest BCUT2D eigenvalue weighted by Gasteiger charge is -2.62. The summed E-state index contributed by atoms with van der Waals surface area (Å²) in [5, 5.41) is 10.0. The second-order valence-electron chi connectivity index (χ2n) is 13.2. The molecule has 0 radical (unpaired) electrons. The second-order valence-corrected chi connectivity index (χ2v) is 13.2. The fourth-order valence-corrected chi connectivity index (χ4v) is 7.38. The Morgan fingerprint density at radius 3 is 2.47 bits per heavy atom. The molecule has 0 amide bonds. The number of likely N-dealkylation sites (N-methyl/N-ethyl adjacent to an activating group) is 1. The van der Waals surface area contributed by atoms with E-state index in [0.717, 1.165) is 31.3 Å². The second kappa shape index (κ2) is 10.6. The highest BCUT2D eigenvalue weighted by molar-refractivity contribution is 5.86. The first kappa shape index (κ1) is 28.8. The SMILES string of the molecule is CC1C(=CC(=O)OCCN(C)C)CCC2C1C(=O)CC1C(C)(C)C(OC(=O)CC(C)(C)O)CCC21C. The Balaban J connectivity index is 1.75. The number of carbonyl (C=O) groups is 3. The van der Waals surface area contributed by atoms with E-state index in [9.17, 15) is 19.5 Å².